The van der Waals surface area contributed by atoms with Crippen molar-refractivity contribution in [2.75, 3.05) is 26.2 Å². The molecule has 0 bridgehead atoms. The van der Waals surface area contributed by atoms with Crippen LogP contribution in [-0.4, -0.2) is 42.2 Å². The topological polar surface area (TPSA) is 28.2 Å². The molecule has 1 saturated heterocycles. The van der Waals surface area contributed by atoms with Crippen LogP contribution < -0.4 is 5.32 Å². The van der Waals surface area contributed by atoms with Crippen LogP contribution in [0.4, 0.5) is 13.2 Å². The van der Waals surface area contributed by atoms with Gasteiger partial charge < -0.3 is 5.32 Å². The van der Waals surface area contributed by atoms with E-state index in [-0.39, 0.29) is 19.1 Å². The Hall–Kier alpha value is -1.14. The molecule has 106 valence electrons. The largest absolute Gasteiger partial charge is 0.394 e. The lowest BCUT2D eigenvalue weighted by atomic mass is 10.1. The van der Waals surface area contributed by atoms with Crippen LogP contribution in [0.3, 0.4) is 0 Å². The molecule has 0 aliphatic carbocycles. The molecule has 1 aromatic heterocycles. The van der Waals surface area contributed by atoms with Gasteiger partial charge in [-0.15, -0.1) is 0 Å². The molecule has 6 heteroatoms. The van der Waals surface area contributed by atoms with Crippen LogP contribution in [0.25, 0.3) is 0 Å². The monoisotopic (exact) mass is 273 g/mol. The van der Waals surface area contributed by atoms with Crippen molar-refractivity contribution < 1.29 is 13.2 Å². The summed E-state index contributed by atoms with van der Waals surface area (Å²) in [6.07, 6.45) is -2.48. The van der Waals surface area contributed by atoms with E-state index in [0.29, 0.717) is 13.1 Å². The van der Waals surface area contributed by atoms with Gasteiger partial charge in [0.15, 0.2) is 0 Å². The molecule has 3 nitrogen and oxygen atoms in total. The summed E-state index contributed by atoms with van der Waals surface area (Å²) < 4.78 is 38.6. The van der Waals surface area contributed by atoms with E-state index in [0.717, 1.165) is 5.69 Å². The molecule has 2 rings (SSSR count). The van der Waals surface area contributed by atoms with Crippen molar-refractivity contribution in [2.24, 2.45) is 5.92 Å². The summed E-state index contributed by atoms with van der Waals surface area (Å²) in [4.78, 5) is 6.08. The fourth-order valence-corrected chi connectivity index (χ4v) is 2.32. The molecule has 0 aromatic carbocycles. The van der Waals surface area contributed by atoms with Crippen LogP contribution in [0, 0.1) is 5.92 Å². The molecule has 0 radical (unpaired) electrons. The van der Waals surface area contributed by atoms with Crippen molar-refractivity contribution in [3.63, 3.8) is 0 Å². The van der Waals surface area contributed by atoms with Crippen molar-refractivity contribution in [2.45, 2.75) is 19.1 Å². The third-order valence-electron chi connectivity index (χ3n) is 3.55. The first-order valence-electron chi connectivity index (χ1n) is 6.41. The van der Waals surface area contributed by atoms with Gasteiger partial charge in [-0.3, -0.25) is 9.88 Å². The van der Waals surface area contributed by atoms with Gasteiger partial charge >= 0.3 is 6.18 Å². The van der Waals surface area contributed by atoms with E-state index >= 15 is 0 Å². The highest BCUT2D eigenvalue weighted by atomic mass is 19.4. The number of halogens is 3. The maximum absolute atomic E-state index is 12.9. The van der Waals surface area contributed by atoms with Gasteiger partial charge in [-0.1, -0.05) is 6.07 Å². The maximum Gasteiger partial charge on any atom is 0.394 e. The summed E-state index contributed by atoms with van der Waals surface area (Å²) in [6.45, 7) is 3.10. The number of rotatable bonds is 2. The Bertz CT molecular complexity index is 394. The van der Waals surface area contributed by atoms with Gasteiger partial charge in [-0.2, -0.15) is 13.2 Å². The molecule has 0 amide bonds. The molecule has 2 heterocycles. The quantitative estimate of drug-likeness (QED) is 0.895. The fraction of sp³-hybridized carbons (Fsp3) is 0.615. The molecule has 1 N–H and O–H groups in total. The lowest BCUT2D eigenvalue weighted by Gasteiger charge is -2.30. The van der Waals surface area contributed by atoms with Crippen LogP contribution in [0.15, 0.2) is 24.4 Å². The summed E-state index contributed by atoms with van der Waals surface area (Å²) in [5.41, 5.74) is 0.810. The Kier molecular flexibility index (Phi) is 4.42. The average molecular weight is 273 g/mol. The van der Waals surface area contributed by atoms with Gasteiger partial charge in [0.1, 0.15) is 0 Å². The van der Waals surface area contributed by atoms with Crippen LogP contribution in [0.2, 0.25) is 0 Å². The number of nitrogens with one attached hydrogen (secondary N) is 1. The van der Waals surface area contributed by atoms with Crippen molar-refractivity contribution >= 4 is 0 Å². The molecule has 2 atom stereocenters. The van der Waals surface area contributed by atoms with Gasteiger partial charge in [-0.25, -0.2) is 0 Å². The van der Waals surface area contributed by atoms with Crippen molar-refractivity contribution in [3.05, 3.63) is 30.1 Å². The van der Waals surface area contributed by atoms with Crippen LogP contribution >= 0.6 is 0 Å². The zero-order chi connectivity index (χ0) is 13.9. The standard InChI is InChI=1S/C13H18F3N3/c1-10(12-4-2-3-5-18-12)19-7-6-17-8-11(9-19)13(14,15)16/h2-5,10-11,17H,6-9H2,1H3. The van der Waals surface area contributed by atoms with Crippen molar-refractivity contribution in [1.29, 1.82) is 0 Å². The Morgan fingerprint density at radius 1 is 1.42 bits per heavy atom. The summed E-state index contributed by atoms with van der Waals surface area (Å²) in [5.74, 6) is -1.32. The molecule has 2 unspecified atom stereocenters. The third-order valence-corrected chi connectivity index (χ3v) is 3.55. The predicted octanol–water partition coefficient (Wildman–Crippen LogP) is 2.23. The third kappa shape index (κ3) is 3.67. The van der Waals surface area contributed by atoms with Crippen LogP contribution in [0.1, 0.15) is 18.7 Å². The second-order valence-electron chi connectivity index (χ2n) is 4.87. The number of hydrogen-bond acceptors (Lipinski definition) is 3. The van der Waals surface area contributed by atoms with E-state index in [1.807, 2.05) is 24.0 Å². The lowest BCUT2D eigenvalue weighted by Crippen LogP contribution is -2.39. The van der Waals surface area contributed by atoms with Gasteiger partial charge in [-0.05, 0) is 19.1 Å². The van der Waals surface area contributed by atoms with Gasteiger partial charge in [0.2, 0.25) is 0 Å². The number of alkyl halides is 3. The van der Waals surface area contributed by atoms with Crippen LogP contribution in [-0.2, 0) is 0 Å². The first kappa shape index (κ1) is 14.3. The minimum Gasteiger partial charge on any atom is -0.315 e. The molecule has 1 fully saturated rings. The normalized spacial score (nSPS) is 23.9. The number of pyridine rings is 1. The first-order valence-corrected chi connectivity index (χ1v) is 6.41. The summed E-state index contributed by atoms with van der Waals surface area (Å²) in [5, 5.41) is 2.86. The lowest BCUT2D eigenvalue weighted by molar-refractivity contribution is -0.176. The summed E-state index contributed by atoms with van der Waals surface area (Å²) >= 11 is 0. The second kappa shape index (κ2) is 5.88. The number of hydrogen-bond donors (Lipinski definition) is 1. The molecule has 0 spiro atoms. The molecule has 0 saturated carbocycles. The molecule has 1 aromatic rings. The first-order chi connectivity index (χ1) is 8.98. The van der Waals surface area contributed by atoms with E-state index in [4.69, 9.17) is 0 Å². The highest BCUT2D eigenvalue weighted by Crippen LogP contribution is 2.30. The van der Waals surface area contributed by atoms with Gasteiger partial charge in [0, 0.05) is 38.4 Å². The van der Waals surface area contributed by atoms with Gasteiger partial charge in [0.05, 0.1) is 11.6 Å². The number of nitrogens with zero attached hydrogens (tertiary/aromatic N) is 2. The molecular formula is C13H18F3N3. The predicted molar refractivity (Wildman–Crippen MR) is 66.6 cm³/mol. The Morgan fingerprint density at radius 3 is 2.84 bits per heavy atom. The van der Waals surface area contributed by atoms with E-state index in [9.17, 15) is 13.2 Å². The minimum absolute atomic E-state index is 0.00502. The summed E-state index contributed by atoms with van der Waals surface area (Å²) in [6, 6.07) is 5.41. The highest BCUT2D eigenvalue weighted by molar-refractivity contribution is 5.08. The van der Waals surface area contributed by atoms with Gasteiger partial charge in [0.25, 0.3) is 0 Å². The Morgan fingerprint density at radius 2 is 2.21 bits per heavy atom. The maximum atomic E-state index is 12.9. The SMILES string of the molecule is CC(c1ccccn1)N1CCNCC(C(F)(F)F)C1. The zero-order valence-electron chi connectivity index (χ0n) is 10.8. The van der Waals surface area contributed by atoms with E-state index < -0.39 is 12.1 Å². The number of aromatic nitrogens is 1. The van der Waals surface area contributed by atoms with E-state index in [1.54, 1.807) is 12.3 Å². The molecule has 1 aliphatic rings. The molecule has 1 aliphatic heterocycles. The summed E-state index contributed by atoms with van der Waals surface area (Å²) in [7, 11) is 0. The second-order valence-corrected chi connectivity index (χ2v) is 4.87. The van der Waals surface area contributed by atoms with Crippen LogP contribution in [0.5, 0.6) is 0 Å². The van der Waals surface area contributed by atoms with Crippen molar-refractivity contribution in [3.8, 4) is 0 Å². The molecule has 19 heavy (non-hydrogen) atoms. The Balaban J connectivity index is 2.10. The van der Waals surface area contributed by atoms with E-state index in [2.05, 4.69) is 10.3 Å². The fourth-order valence-electron chi connectivity index (χ4n) is 2.32. The molecular weight excluding hydrogens is 255 g/mol. The zero-order valence-corrected chi connectivity index (χ0v) is 10.8. The van der Waals surface area contributed by atoms with E-state index in [1.165, 1.54) is 0 Å². The minimum atomic E-state index is -4.15. The smallest absolute Gasteiger partial charge is 0.315 e. The average Bonchev–Trinajstić information content (AvgIpc) is 2.64. The Labute approximate surface area is 110 Å². The van der Waals surface area contributed by atoms with Crippen molar-refractivity contribution in [1.82, 2.24) is 15.2 Å². The highest BCUT2D eigenvalue weighted by Gasteiger charge is 2.41.